The number of nitrogens with one attached hydrogen (secondary N) is 1. The number of carbonyl (C=O) groups excluding carboxylic acids is 3. The van der Waals surface area contributed by atoms with Crippen LogP contribution in [0.3, 0.4) is 0 Å². The number of hydrogen-bond acceptors (Lipinski definition) is 6. The van der Waals surface area contributed by atoms with Crippen molar-refractivity contribution in [1.29, 1.82) is 0 Å². The number of nitrogens with two attached hydrogens (primary N) is 1. The summed E-state index contributed by atoms with van der Waals surface area (Å²) >= 11 is 0. The van der Waals surface area contributed by atoms with E-state index in [2.05, 4.69) is 5.32 Å². The van der Waals surface area contributed by atoms with Crippen LogP contribution in [-0.2, 0) is 29.1 Å². The topological polar surface area (TPSA) is 122 Å². The lowest BCUT2D eigenvalue weighted by molar-refractivity contribution is -0.158. The number of nitrogen functional groups attached to an aromatic ring is 1. The Balaban J connectivity index is 1.32. The van der Waals surface area contributed by atoms with Crippen LogP contribution in [0.4, 0.5) is 14.9 Å². The molecule has 0 saturated carbocycles. The molecular weight excluding hydrogens is 587 g/mol. The number of hydrazine groups is 1. The van der Waals surface area contributed by atoms with Crippen LogP contribution in [0.15, 0.2) is 84.9 Å². The van der Waals surface area contributed by atoms with Gasteiger partial charge in [0.2, 0.25) is 11.8 Å². The van der Waals surface area contributed by atoms with Gasteiger partial charge >= 0.3 is 6.03 Å². The molecule has 0 spiro atoms. The van der Waals surface area contributed by atoms with Crippen LogP contribution < -0.4 is 11.1 Å². The number of halogens is 1. The molecule has 2 aliphatic rings. The average Bonchev–Trinajstić information content (AvgIpc) is 3.35. The number of urea groups is 1. The van der Waals surface area contributed by atoms with Crippen LogP contribution in [0.25, 0.3) is 10.8 Å². The van der Waals surface area contributed by atoms with Gasteiger partial charge in [-0.2, -0.15) is 5.01 Å². The van der Waals surface area contributed by atoms with Crippen LogP contribution >= 0.6 is 0 Å². The quantitative estimate of drug-likeness (QED) is 0.199. The molecule has 2 fully saturated rings. The van der Waals surface area contributed by atoms with Crippen molar-refractivity contribution in [3.63, 3.8) is 0 Å². The minimum atomic E-state index is -0.855. The maximum Gasteiger partial charge on any atom is 0.332 e. The lowest BCUT2D eigenvalue weighted by atomic mass is 9.98. The Morgan fingerprint density at radius 3 is 2.48 bits per heavy atom. The number of phenols is 1. The predicted octanol–water partition coefficient (Wildman–Crippen LogP) is 4.23. The van der Waals surface area contributed by atoms with Crippen LogP contribution in [0.5, 0.6) is 5.75 Å². The number of benzene rings is 4. The summed E-state index contributed by atoms with van der Waals surface area (Å²) < 4.78 is 13.4. The molecule has 0 aromatic heterocycles. The van der Waals surface area contributed by atoms with Gasteiger partial charge in [0.15, 0.2) is 0 Å². The molecule has 46 heavy (non-hydrogen) atoms. The Bertz CT molecular complexity index is 1780. The molecule has 0 bridgehead atoms. The first kappa shape index (κ1) is 30.8. The molecule has 2 heterocycles. The zero-order valence-electron chi connectivity index (χ0n) is 25.8. The van der Waals surface area contributed by atoms with Gasteiger partial charge in [-0.15, -0.1) is 0 Å². The lowest BCUT2D eigenvalue weighted by Gasteiger charge is -2.47. The standard InChI is InChI=1S/C35H37FN6O4/c1-22(2)42(35(46)38-18-23-10-13-27(36)14-11-23)40-21-33(44)41-30(17-24-12-15-31(43)29(37)16-24)34(45)39(20-32(40)41)19-26-8-5-7-25-6-3-4-9-28(25)26/h3-16,22,30,32,43H,17-21,37H2,1-2H3,(H,38,46)/t30-,32+/m0/s1. The molecule has 0 unspecified atom stereocenters. The fraction of sp³-hybridized carbons (Fsp3) is 0.286. The molecule has 4 N–H and O–H groups in total. The van der Waals surface area contributed by atoms with Gasteiger partial charge in [-0.1, -0.05) is 60.7 Å². The predicted molar refractivity (Wildman–Crippen MR) is 172 cm³/mol. The zero-order valence-corrected chi connectivity index (χ0v) is 25.8. The highest BCUT2D eigenvalue weighted by molar-refractivity contribution is 5.92. The molecule has 0 aliphatic carbocycles. The highest BCUT2D eigenvalue weighted by atomic mass is 19.1. The Hall–Kier alpha value is -5.16. The van der Waals surface area contributed by atoms with Gasteiger partial charge in [-0.3, -0.25) is 14.6 Å². The molecule has 238 valence electrons. The summed E-state index contributed by atoms with van der Waals surface area (Å²) in [4.78, 5) is 45.0. The molecule has 2 saturated heterocycles. The van der Waals surface area contributed by atoms with Crippen molar-refractivity contribution >= 4 is 34.3 Å². The van der Waals surface area contributed by atoms with Crippen molar-refractivity contribution in [2.75, 3.05) is 18.8 Å². The van der Waals surface area contributed by atoms with Crippen molar-refractivity contribution in [2.45, 2.75) is 51.6 Å². The number of hydrogen-bond donors (Lipinski definition) is 3. The Kier molecular flexibility index (Phi) is 8.50. The first-order chi connectivity index (χ1) is 22.1. The number of phenolic OH excluding ortho intramolecular Hbond substituents is 1. The van der Waals surface area contributed by atoms with Gasteiger partial charge in [0.05, 0.1) is 18.8 Å². The van der Waals surface area contributed by atoms with Crippen molar-refractivity contribution in [2.24, 2.45) is 0 Å². The Morgan fingerprint density at radius 2 is 1.74 bits per heavy atom. The van der Waals surface area contributed by atoms with Crippen LogP contribution in [0.1, 0.15) is 30.5 Å². The number of fused-ring (bicyclic) bond motifs is 2. The Labute approximate surface area is 266 Å². The molecule has 2 atom stereocenters. The number of nitrogens with zero attached hydrogens (tertiary/aromatic N) is 4. The summed E-state index contributed by atoms with van der Waals surface area (Å²) in [6, 6.07) is 23.1. The van der Waals surface area contributed by atoms with E-state index in [1.165, 1.54) is 23.2 Å². The van der Waals surface area contributed by atoms with E-state index in [-0.39, 0.29) is 61.2 Å². The van der Waals surface area contributed by atoms with E-state index in [9.17, 15) is 23.9 Å². The summed E-state index contributed by atoms with van der Waals surface area (Å²) in [6.07, 6.45) is -0.428. The second kappa shape index (κ2) is 12.7. The van der Waals surface area contributed by atoms with Gasteiger partial charge in [-0.05, 0) is 65.6 Å². The van der Waals surface area contributed by atoms with Crippen molar-refractivity contribution in [3.8, 4) is 5.75 Å². The van der Waals surface area contributed by atoms with E-state index in [4.69, 9.17) is 5.73 Å². The van der Waals surface area contributed by atoms with Crippen LogP contribution in [0.2, 0.25) is 0 Å². The van der Waals surface area contributed by atoms with Crippen LogP contribution in [0, 0.1) is 5.82 Å². The van der Waals surface area contributed by atoms with E-state index in [1.54, 1.807) is 39.1 Å². The number of carbonyl (C=O) groups is 3. The molecular formula is C35H37FN6O4. The number of piperazine rings is 1. The summed E-state index contributed by atoms with van der Waals surface area (Å²) in [7, 11) is 0. The summed E-state index contributed by atoms with van der Waals surface area (Å²) in [5, 5.41) is 18.3. The normalized spacial score (nSPS) is 18.3. The summed E-state index contributed by atoms with van der Waals surface area (Å²) in [5.74, 6) is -0.893. The van der Waals surface area contributed by atoms with Gasteiger partial charge < -0.3 is 26.0 Å². The highest BCUT2D eigenvalue weighted by Crippen LogP contribution is 2.32. The number of anilines is 1. The smallest absolute Gasteiger partial charge is 0.332 e. The lowest BCUT2D eigenvalue weighted by Crippen LogP contribution is -2.66. The molecule has 2 aliphatic heterocycles. The minimum Gasteiger partial charge on any atom is -0.506 e. The van der Waals surface area contributed by atoms with Crippen molar-refractivity contribution < 1.29 is 23.9 Å². The van der Waals surface area contributed by atoms with E-state index in [1.807, 2.05) is 56.3 Å². The van der Waals surface area contributed by atoms with Crippen LogP contribution in [-0.4, -0.2) is 74.1 Å². The molecule has 4 aromatic carbocycles. The van der Waals surface area contributed by atoms with Gasteiger partial charge in [0, 0.05) is 25.6 Å². The SMILES string of the molecule is CC(C)N(C(=O)NCc1ccc(F)cc1)N1CC(=O)N2[C@@H](Cc3ccc(O)c(N)c3)C(=O)N(Cc3cccc4ccccc34)C[C@@H]21. The fourth-order valence-corrected chi connectivity index (χ4v) is 6.46. The maximum absolute atomic E-state index is 14.3. The molecule has 10 nitrogen and oxygen atoms in total. The first-order valence-electron chi connectivity index (χ1n) is 15.3. The Morgan fingerprint density at radius 1 is 1.02 bits per heavy atom. The van der Waals surface area contributed by atoms with Crippen molar-refractivity contribution in [3.05, 3.63) is 107 Å². The van der Waals surface area contributed by atoms with E-state index in [0.717, 1.165) is 21.9 Å². The van der Waals surface area contributed by atoms with Crippen molar-refractivity contribution in [1.82, 2.24) is 25.1 Å². The van der Waals surface area contributed by atoms with E-state index in [0.29, 0.717) is 12.1 Å². The van der Waals surface area contributed by atoms with E-state index < -0.39 is 18.2 Å². The monoisotopic (exact) mass is 624 g/mol. The van der Waals surface area contributed by atoms with E-state index >= 15 is 0 Å². The molecule has 6 rings (SSSR count). The highest BCUT2D eigenvalue weighted by Gasteiger charge is 2.52. The number of rotatable bonds is 8. The minimum absolute atomic E-state index is 0.0585. The van der Waals surface area contributed by atoms with Gasteiger partial charge in [0.1, 0.15) is 23.8 Å². The maximum atomic E-state index is 14.3. The second-order valence-corrected chi connectivity index (χ2v) is 12.1. The van der Waals surface area contributed by atoms with Gasteiger partial charge in [-0.25, -0.2) is 9.18 Å². The third kappa shape index (κ3) is 6.05. The largest absolute Gasteiger partial charge is 0.506 e. The molecule has 4 amide bonds. The molecule has 4 aromatic rings. The average molecular weight is 625 g/mol. The third-order valence-electron chi connectivity index (χ3n) is 8.66. The number of amides is 4. The molecule has 11 heteroatoms. The fourth-order valence-electron chi connectivity index (χ4n) is 6.46. The zero-order chi connectivity index (χ0) is 32.5. The number of aromatic hydroxyl groups is 1. The van der Waals surface area contributed by atoms with Gasteiger partial charge in [0.25, 0.3) is 0 Å². The first-order valence-corrected chi connectivity index (χ1v) is 15.3. The third-order valence-corrected chi connectivity index (χ3v) is 8.66. The summed E-state index contributed by atoms with van der Waals surface area (Å²) in [5.41, 5.74) is 8.57. The summed E-state index contributed by atoms with van der Waals surface area (Å²) in [6.45, 7) is 4.33. The molecule has 0 radical (unpaired) electrons. The second-order valence-electron chi connectivity index (χ2n) is 12.1.